The van der Waals surface area contributed by atoms with Gasteiger partial charge in [-0.3, -0.25) is 4.90 Å². The van der Waals surface area contributed by atoms with Crippen molar-refractivity contribution in [1.82, 2.24) is 19.9 Å². The van der Waals surface area contributed by atoms with Gasteiger partial charge in [-0.15, -0.1) is 11.3 Å². The van der Waals surface area contributed by atoms with Crippen LogP contribution in [0.2, 0.25) is 0 Å². The Labute approximate surface area is 144 Å². The molecule has 2 aromatic heterocycles. The predicted octanol–water partition coefficient (Wildman–Crippen LogP) is 2.32. The molecular formula is C17H19N5OS. The quantitative estimate of drug-likeness (QED) is 0.744. The van der Waals surface area contributed by atoms with Gasteiger partial charge in [-0.1, -0.05) is 6.07 Å². The maximum Gasteiger partial charge on any atom is 0.220 e. The Balaban J connectivity index is 1.60. The zero-order chi connectivity index (χ0) is 16.7. The van der Waals surface area contributed by atoms with Crippen LogP contribution in [0, 0.1) is 0 Å². The third-order valence-electron chi connectivity index (χ3n) is 4.71. The fraction of sp³-hybridized carbons (Fsp3) is 0.353. The van der Waals surface area contributed by atoms with Crippen molar-refractivity contribution in [3.05, 3.63) is 46.7 Å². The first kappa shape index (κ1) is 15.4. The number of nitrogen functional groups attached to an aromatic ring is 1. The van der Waals surface area contributed by atoms with E-state index in [1.807, 2.05) is 5.51 Å². The molecule has 0 amide bonds. The Bertz CT molecular complexity index is 880. The zero-order valence-electron chi connectivity index (χ0n) is 13.4. The Morgan fingerprint density at radius 2 is 2.25 bits per heavy atom. The van der Waals surface area contributed by atoms with Crippen LogP contribution in [0.25, 0.3) is 10.2 Å². The topological polar surface area (TPSA) is 88.2 Å². The molecule has 3 N–H and O–H groups in total. The van der Waals surface area contributed by atoms with E-state index in [0.29, 0.717) is 6.54 Å². The lowest BCUT2D eigenvalue weighted by Gasteiger charge is -2.29. The second-order valence-corrected chi connectivity index (χ2v) is 7.03. The lowest BCUT2D eigenvalue weighted by atomic mass is 10.1. The van der Waals surface area contributed by atoms with Gasteiger partial charge in [0.1, 0.15) is 0 Å². The molecular weight excluding hydrogens is 322 g/mol. The van der Waals surface area contributed by atoms with Crippen molar-refractivity contribution in [2.45, 2.75) is 25.5 Å². The first-order valence-corrected chi connectivity index (χ1v) is 8.86. The van der Waals surface area contributed by atoms with E-state index in [9.17, 15) is 5.11 Å². The van der Waals surface area contributed by atoms with E-state index in [1.165, 1.54) is 10.3 Å². The number of rotatable bonds is 2. The number of aromatic nitrogens is 3. The van der Waals surface area contributed by atoms with E-state index >= 15 is 0 Å². The number of β-amino-alcohol motifs (C(OH)–C–C–N with tert-alkyl or cyclic N) is 1. The second-order valence-electron chi connectivity index (χ2n) is 6.15. The molecule has 1 unspecified atom stereocenters. The molecule has 2 atom stereocenters. The summed E-state index contributed by atoms with van der Waals surface area (Å²) in [6, 6.07) is 6.59. The van der Waals surface area contributed by atoms with Crippen LogP contribution in [0.5, 0.6) is 0 Å². The summed E-state index contributed by atoms with van der Waals surface area (Å²) in [6.07, 6.45) is 1.80. The molecule has 0 saturated heterocycles. The average Bonchev–Trinajstić information content (AvgIpc) is 2.98. The number of aliphatic hydroxyl groups is 1. The predicted molar refractivity (Wildman–Crippen MR) is 94.7 cm³/mol. The monoisotopic (exact) mass is 341 g/mol. The van der Waals surface area contributed by atoms with Gasteiger partial charge < -0.3 is 10.8 Å². The van der Waals surface area contributed by atoms with Gasteiger partial charge in [-0.25, -0.2) is 15.0 Å². The molecule has 0 saturated carbocycles. The first-order chi connectivity index (χ1) is 11.6. The van der Waals surface area contributed by atoms with Crippen molar-refractivity contribution >= 4 is 27.5 Å². The lowest BCUT2D eigenvalue weighted by Crippen LogP contribution is -2.31. The third-order valence-corrected chi connectivity index (χ3v) is 5.52. The number of nitrogens with two attached hydrogens (primary N) is 1. The second kappa shape index (κ2) is 6.08. The van der Waals surface area contributed by atoms with Gasteiger partial charge in [-0.2, -0.15) is 0 Å². The summed E-state index contributed by atoms with van der Waals surface area (Å²) in [5.41, 5.74) is 11.4. The number of nitrogens with zero attached hydrogens (tertiary/aromatic N) is 4. The highest BCUT2D eigenvalue weighted by atomic mass is 32.1. The van der Waals surface area contributed by atoms with Crippen LogP contribution in [0.4, 0.5) is 5.95 Å². The van der Waals surface area contributed by atoms with Gasteiger partial charge in [0.25, 0.3) is 0 Å². The van der Waals surface area contributed by atoms with Crippen LogP contribution < -0.4 is 5.73 Å². The minimum Gasteiger partial charge on any atom is -0.387 e. The van der Waals surface area contributed by atoms with Crippen molar-refractivity contribution in [3.8, 4) is 0 Å². The van der Waals surface area contributed by atoms with Crippen LogP contribution in [0.3, 0.4) is 0 Å². The van der Waals surface area contributed by atoms with Crippen molar-refractivity contribution in [1.29, 1.82) is 0 Å². The largest absolute Gasteiger partial charge is 0.387 e. The molecule has 0 spiro atoms. The lowest BCUT2D eigenvalue weighted by molar-refractivity contribution is 0.0983. The van der Waals surface area contributed by atoms with Gasteiger partial charge in [-0.05, 0) is 24.6 Å². The molecule has 0 radical (unpaired) electrons. The first-order valence-electron chi connectivity index (χ1n) is 7.98. The van der Waals surface area contributed by atoms with E-state index in [-0.39, 0.29) is 12.0 Å². The van der Waals surface area contributed by atoms with Crippen LogP contribution in [-0.2, 0) is 6.42 Å². The Kier molecular flexibility index (Phi) is 3.91. The smallest absolute Gasteiger partial charge is 0.220 e. The molecule has 4 rings (SSSR count). The number of aliphatic hydroxyl groups excluding tert-OH is 1. The van der Waals surface area contributed by atoms with Gasteiger partial charge in [0.05, 0.1) is 27.5 Å². The standard InChI is InChI=1S/C17H19N5OS/c1-10(11-2-3-16-14(6-11)20-9-24-16)22-5-4-13-12(15(23)8-22)7-19-17(18)21-13/h2-3,6-7,9-10,15,23H,4-5,8H2,1H3,(H2,18,19,21)/t10?,15-/m0/s1. The van der Waals surface area contributed by atoms with E-state index in [4.69, 9.17) is 5.73 Å². The summed E-state index contributed by atoms with van der Waals surface area (Å²) in [5, 5.41) is 10.6. The van der Waals surface area contributed by atoms with Crippen LogP contribution in [0.15, 0.2) is 29.9 Å². The fourth-order valence-corrected chi connectivity index (χ4v) is 3.94. The Morgan fingerprint density at radius 3 is 3.12 bits per heavy atom. The number of thiazole rings is 1. The maximum atomic E-state index is 10.6. The van der Waals surface area contributed by atoms with Gasteiger partial charge in [0.15, 0.2) is 0 Å². The van der Waals surface area contributed by atoms with Crippen molar-refractivity contribution in [2.24, 2.45) is 0 Å². The summed E-state index contributed by atoms with van der Waals surface area (Å²) in [6.45, 7) is 3.53. The zero-order valence-corrected chi connectivity index (χ0v) is 14.2. The van der Waals surface area contributed by atoms with Crippen molar-refractivity contribution in [2.75, 3.05) is 18.8 Å². The SMILES string of the molecule is CC(c1ccc2scnc2c1)N1CCc2nc(N)ncc2[C@@H](O)C1. The molecule has 6 nitrogen and oxygen atoms in total. The van der Waals surface area contributed by atoms with E-state index in [1.54, 1.807) is 17.5 Å². The molecule has 124 valence electrons. The normalized spacial score (nSPS) is 19.8. The van der Waals surface area contributed by atoms with Crippen molar-refractivity contribution < 1.29 is 5.11 Å². The molecule has 0 bridgehead atoms. The van der Waals surface area contributed by atoms with E-state index < -0.39 is 6.10 Å². The van der Waals surface area contributed by atoms with E-state index in [2.05, 4.69) is 45.0 Å². The van der Waals surface area contributed by atoms with Gasteiger partial charge >= 0.3 is 0 Å². The van der Waals surface area contributed by atoms with Crippen LogP contribution in [-0.4, -0.2) is 38.0 Å². The molecule has 7 heteroatoms. The summed E-state index contributed by atoms with van der Waals surface area (Å²) in [4.78, 5) is 15.0. The highest BCUT2D eigenvalue weighted by Crippen LogP contribution is 2.30. The average molecular weight is 341 g/mol. The minimum atomic E-state index is -0.603. The molecule has 1 aromatic carbocycles. The molecule has 1 aliphatic rings. The Hall–Kier alpha value is -2.09. The third kappa shape index (κ3) is 2.75. The van der Waals surface area contributed by atoms with Crippen LogP contribution in [0.1, 0.15) is 35.9 Å². The highest BCUT2D eigenvalue weighted by molar-refractivity contribution is 7.16. The molecule has 0 fully saturated rings. The molecule has 3 aromatic rings. The number of hydrogen-bond donors (Lipinski definition) is 2. The summed E-state index contributed by atoms with van der Waals surface area (Å²) < 4.78 is 1.19. The fourth-order valence-electron chi connectivity index (χ4n) is 3.28. The van der Waals surface area contributed by atoms with Crippen LogP contribution >= 0.6 is 11.3 Å². The van der Waals surface area contributed by atoms with Crippen molar-refractivity contribution in [3.63, 3.8) is 0 Å². The number of benzene rings is 1. The van der Waals surface area contributed by atoms with Gasteiger partial charge in [0, 0.05) is 37.3 Å². The number of anilines is 1. The number of hydrogen-bond acceptors (Lipinski definition) is 7. The summed E-state index contributed by atoms with van der Waals surface area (Å²) >= 11 is 1.65. The van der Waals surface area contributed by atoms with Gasteiger partial charge in [0.2, 0.25) is 5.95 Å². The van der Waals surface area contributed by atoms with E-state index in [0.717, 1.165) is 29.7 Å². The minimum absolute atomic E-state index is 0.186. The number of fused-ring (bicyclic) bond motifs is 2. The molecule has 0 aliphatic carbocycles. The molecule has 1 aliphatic heterocycles. The maximum absolute atomic E-state index is 10.6. The molecule has 24 heavy (non-hydrogen) atoms. The Morgan fingerprint density at radius 1 is 1.38 bits per heavy atom. The highest BCUT2D eigenvalue weighted by Gasteiger charge is 2.26. The summed E-state index contributed by atoms with van der Waals surface area (Å²) in [7, 11) is 0. The molecule has 3 heterocycles. The summed E-state index contributed by atoms with van der Waals surface area (Å²) in [5.74, 6) is 0.261.